The predicted molar refractivity (Wildman–Crippen MR) is 44.7 cm³/mol. The summed E-state index contributed by atoms with van der Waals surface area (Å²) >= 11 is 0. The summed E-state index contributed by atoms with van der Waals surface area (Å²) < 4.78 is 35.8. The van der Waals surface area contributed by atoms with Crippen LogP contribution in [0.4, 0.5) is 13.2 Å². The number of hydrogen-bond acceptors (Lipinski definition) is 2. The summed E-state index contributed by atoms with van der Waals surface area (Å²) in [5.41, 5.74) is 1.11. The number of nitrogens with zero attached hydrogens (tertiary/aromatic N) is 1. The van der Waals surface area contributed by atoms with Crippen molar-refractivity contribution in [2.45, 2.75) is 25.6 Å². The molecule has 0 saturated carbocycles. The topological polar surface area (TPSA) is 33.1 Å². The molecule has 0 spiro atoms. The van der Waals surface area contributed by atoms with E-state index in [2.05, 4.69) is 4.98 Å². The van der Waals surface area contributed by atoms with Crippen LogP contribution in [0, 0.1) is 6.92 Å². The Morgan fingerprint density at radius 2 is 2.07 bits per heavy atom. The van der Waals surface area contributed by atoms with Gasteiger partial charge in [0.2, 0.25) is 0 Å². The highest BCUT2D eigenvalue weighted by Crippen LogP contribution is 2.22. The molecule has 14 heavy (non-hydrogen) atoms. The number of aliphatic hydroxyl groups is 1. The van der Waals surface area contributed by atoms with Gasteiger partial charge in [0.05, 0.1) is 0 Å². The van der Waals surface area contributed by atoms with Crippen LogP contribution in [0.5, 0.6) is 0 Å². The Bertz CT molecular complexity index is 294. The Kier molecular flexibility index (Phi) is 3.10. The molecule has 0 amide bonds. The van der Waals surface area contributed by atoms with Crippen molar-refractivity contribution in [3.05, 3.63) is 29.6 Å². The maximum Gasteiger partial charge on any atom is 0.414 e. The van der Waals surface area contributed by atoms with Crippen LogP contribution in [0.3, 0.4) is 0 Å². The molecule has 0 saturated heterocycles. The number of alkyl halides is 3. The van der Waals surface area contributed by atoms with Gasteiger partial charge >= 0.3 is 6.18 Å². The maximum atomic E-state index is 11.9. The molecule has 0 fully saturated rings. The lowest BCUT2D eigenvalue weighted by atomic mass is 10.1. The molecule has 1 rings (SSSR count). The highest BCUT2D eigenvalue weighted by molar-refractivity contribution is 5.14. The van der Waals surface area contributed by atoms with Crippen LogP contribution in [-0.2, 0) is 6.42 Å². The van der Waals surface area contributed by atoms with Crippen molar-refractivity contribution in [1.82, 2.24) is 4.98 Å². The highest BCUT2D eigenvalue weighted by atomic mass is 19.4. The summed E-state index contributed by atoms with van der Waals surface area (Å²) in [5.74, 6) is 0. The summed E-state index contributed by atoms with van der Waals surface area (Å²) in [5, 5.41) is 8.76. The van der Waals surface area contributed by atoms with Gasteiger partial charge in [-0.25, -0.2) is 0 Å². The lowest BCUT2D eigenvalue weighted by molar-refractivity contribution is -0.203. The van der Waals surface area contributed by atoms with Gasteiger partial charge in [-0.15, -0.1) is 0 Å². The van der Waals surface area contributed by atoms with Crippen molar-refractivity contribution in [3.8, 4) is 0 Å². The van der Waals surface area contributed by atoms with Gasteiger partial charge in [0.15, 0.2) is 6.10 Å². The second kappa shape index (κ2) is 3.96. The molecule has 0 radical (unpaired) electrons. The zero-order valence-corrected chi connectivity index (χ0v) is 7.54. The van der Waals surface area contributed by atoms with Crippen LogP contribution in [0.1, 0.15) is 11.3 Å². The fourth-order valence-electron chi connectivity index (χ4n) is 0.958. The Morgan fingerprint density at radius 1 is 1.43 bits per heavy atom. The van der Waals surface area contributed by atoms with Crippen molar-refractivity contribution >= 4 is 0 Å². The molecular formula is C9H10F3NO. The molecule has 1 atom stereocenters. The quantitative estimate of drug-likeness (QED) is 0.799. The van der Waals surface area contributed by atoms with Crippen molar-refractivity contribution < 1.29 is 18.3 Å². The van der Waals surface area contributed by atoms with Gasteiger partial charge < -0.3 is 5.11 Å². The number of aromatic nitrogens is 1. The second-order valence-electron chi connectivity index (χ2n) is 3.07. The van der Waals surface area contributed by atoms with Crippen molar-refractivity contribution in [2.24, 2.45) is 0 Å². The fourth-order valence-corrected chi connectivity index (χ4v) is 0.958. The van der Waals surface area contributed by atoms with Gasteiger partial charge in [-0.05, 0) is 18.6 Å². The van der Waals surface area contributed by atoms with Crippen molar-refractivity contribution in [2.75, 3.05) is 0 Å². The SMILES string of the molecule is Cc1ccc(CC(O)C(F)(F)F)cn1. The van der Waals surface area contributed by atoms with E-state index < -0.39 is 18.7 Å². The first-order valence-electron chi connectivity index (χ1n) is 4.06. The van der Waals surface area contributed by atoms with Crippen LogP contribution >= 0.6 is 0 Å². The summed E-state index contributed by atoms with van der Waals surface area (Å²) in [6.07, 6.45) is -5.99. The van der Waals surface area contributed by atoms with Crippen molar-refractivity contribution in [1.29, 1.82) is 0 Å². The molecule has 1 heterocycles. The molecule has 0 aliphatic heterocycles. The average molecular weight is 205 g/mol. The van der Waals surface area contributed by atoms with Gasteiger partial charge in [-0.2, -0.15) is 13.2 Å². The first-order valence-corrected chi connectivity index (χ1v) is 4.06. The Morgan fingerprint density at radius 3 is 2.50 bits per heavy atom. The van der Waals surface area contributed by atoms with E-state index in [1.54, 1.807) is 13.0 Å². The van der Waals surface area contributed by atoms with E-state index >= 15 is 0 Å². The lowest BCUT2D eigenvalue weighted by Gasteiger charge is -2.13. The van der Waals surface area contributed by atoms with Crippen LogP contribution in [-0.4, -0.2) is 22.4 Å². The normalized spacial score (nSPS) is 14.1. The largest absolute Gasteiger partial charge is 0.414 e. The van der Waals surface area contributed by atoms with Gasteiger partial charge in [-0.1, -0.05) is 6.07 Å². The smallest absolute Gasteiger partial charge is 0.383 e. The van der Waals surface area contributed by atoms with Crippen LogP contribution in [0.25, 0.3) is 0 Å². The monoisotopic (exact) mass is 205 g/mol. The van der Waals surface area contributed by atoms with Crippen LogP contribution < -0.4 is 0 Å². The van der Waals surface area contributed by atoms with E-state index in [-0.39, 0.29) is 0 Å². The summed E-state index contributed by atoms with van der Waals surface area (Å²) in [7, 11) is 0. The standard InChI is InChI=1S/C9H10F3NO/c1-6-2-3-7(5-13-6)4-8(14)9(10,11)12/h2-3,5,8,14H,4H2,1H3. The lowest BCUT2D eigenvalue weighted by Crippen LogP contribution is -2.30. The molecule has 0 bridgehead atoms. The molecule has 1 aromatic heterocycles. The van der Waals surface area contributed by atoms with E-state index in [0.717, 1.165) is 5.69 Å². The maximum absolute atomic E-state index is 11.9. The molecule has 78 valence electrons. The molecule has 0 aromatic carbocycles. The number of pyridine rings is 1. The van der Waals surface area contributed by atoms with Crippen LogP contribution in [0.15, 0.2) is 18.3 Å². The number of aryl methyl sites for hydroxylation is 1. The molecule has 1 aromatic rings. The Hall–Kier alpha value is -1.10. The number of halogens is 3. The van der Waals surface area contributed by atoms with Crippen molar-refractivity contribution in [3.63, 3.8) is 0 Å². The minimum Gasteiger partial charge on any atom is -0.383 e. The van der Waals surface area contributed by atoms with Crippen LogP contribution in [0.2, 0.25) is 0 Å². The van der Waals surface area contributed by atoms with E-state index in [1.165, 1.54) is 12.3 Å². The zero-order chi connectivity index (χ0) is 10.8. The number of rotatable bonds is 2. The molecule has 1 N–H and O–H groups in total. The number of hydrogen-bond donors (Lipinski definition) is 1. The van der Waals surface area contributed by atoms with E-state index in [0.29, 0.717) is 5.56 Å². The van der Waals surface area contributed by atoms with E-state index in [1.807, 2.05) is 0 Å². The highest BCUT2D eigenvalue weighted by Gasteiger charge is 2.37. The minimum atomic E-state index is -4.56. The minimum absolute atomic E-state index is 0.375. The Labute approximate surface area is 79.4 Å². The van der Waals surface area contributed by atoms with E-state index in [9.17, 15) is 13.2 Å². The Balaban J connectivity index is 2.65. The predicted octanol–water partition coefficient (Wildman–Crippen LogP) is 1.86. The van der Waals surface area contributed by atoms with Gasteiger partial charge in [0, 0.05) is 18.3 Å². The van der Waals surface area contributed by atoms with Gasteiger partial charge in [0.1, 0.15) is 0 Å². The molecule has 0 aliphatic rings. The molecule has 2 nitrogen and oxygen atoms in total. The third-order valence-electron chi connectivity index (χ3n) is 1.78. The van der Waals surface area contributed by atoms with Gasteiger partial charge in [-0.3, -0.25) is 4.98 Å². The molecule has 5 heteroatoms. The average Bonchev–Trinajstić information content (AvgIpc) is 2.07. The third-order valence-corrected chi connectivity index (χ3v) is 1.78. The third kappa shape index (κ3) is 2.99. The first-order chi connectivity index (χ1) is 6.39. The molecular weight excluding hydrogens is 195 g/mol. The van der Waals surface area contributed by atoms with Gasteiger partial charge in [0.25, 0.3) is 0 Å². The number of aliphatic hydroxyl groups excluding tert-OH is 1. The first kappa shape index (κ1) is 11.0. The molecule has 1 unspecified atom stereocenters. The fraction of sp³-hybridized carbons (Fsp3) is 0.444. The summed E-state index contributed by atoms with van der Waals surface area (Å²) in [6.45, 7) is 1.74. The summed E-state index contributed by atoms with van der Waals surface area (Å²) in [4.78, 5) is 3.84. The second-order valence-corrected chi connectivity index (χ2v) is 3.07. The zero-order valence-electron chi connectivity index (χ0n) is 7.54. The summed E-state index contributed by atoms with van der Waals surface area (Å²) in [6, 6.07) is 3.13. The molecule has 0 aliphatic carbocycles. The van der Waals surface area contributed by atoms with E-state index in [4.69, 9.17) is 5.11 Å².